The van der Waals surface area contributed by atoms with Gasteiger partial charge in [0.25, 0.3) is 0 Å². The maximum Gasteiger partial charge on any atom is 0.223 e. The van der Waals surface area contributed by atoms with Crippen LogP contribution in [0.2, 0.25) is 5.02 Å². The van der Waals surface area contributed by atoms with Crippen molar-refractivity contribution in [2.24, 2.45) is 5.92 Å². The molecule has 7 heteroatoms. The molecule has 0 spiro atoms. The quantitative estimate of drug-likeness (QED) is 0.800. The van der Waals surface area contributed by atoms with Crippen molar-refractivity contribution < 1.29 is 13.2 Å². The number of nitrogens with one attached hydrogen (secondary N) is 1. The van der Waals surface area contributed by atoms with Gasteiger partial charge in [0.2, 0.25) is 15.9 Å². The highest BCUT2D eigenvalue weighted by Crippen LogP contribution is 2.23. The minimum atomic E-state index is -3.35. The van der Waals surface area contributed by atoms with Crippen LogP contribution in [0.5, 0.6) is 0 Å². The number of halogens is 1. The summed E-state index contributed by atoms with van der Waals surface area (Å²) < 4.78 is 25.3. The minimum Gasteiger partial charge on any atom is -0.355 e. The fourth-order valence-electron chi connectivity index (χ4n) is 2.97. The molecule has 0 heterocycles. The molecule has 0 atom stereocenters. The third kappa shape index (κ3) is 6.07. The first-order chi connectivity index (χ1) is 11.4. The van der Waals surface area contributed by atoms with Gasteiger partial charge in [-0.25, -0.2) is 8.42 Å². The topological polar surface area (TPSA) is 66.5 Å². The Hall–Kier alpha value is -1.11. The van der Waals surface area contributed by atoms with Crippen molar-refractivity contribution in [3.63, 3.8) is 0 Å². The normalized spacial score (nSPS) is 16.3. The maximum atomic E-state index is 12.1. The molecule has 24 heavy (non-hydrogen) atoms. The van der Waals surface area contributed by atoms with Gasteiger partial charge in [-0.1, -0.05) is 43.0 Å². The number of nitrogens with zero attached hydrogens (tertiary/aromatic N) is 1. The van der Waals surface area contributed by atoms with E-state index in [-0.39, 0.29) is 24.9 Å². The number of hydrogen-bond donors (Lipinski definition) is 1. The smallest absolute Gasteiger partial charge is 0.223 e. The first-order valence-corrected chi connectivity index (χ1v) is 10.6. The summed E-state index contributed by atoms with van der Waals surface area (Å²) in [5.41, 5.74) is 0.864. The zero-order valence-electron chi connectivity index (χ0n) is 14.0. The fourth-order valence-corrected chi connectivity index (χ4v) is 3.90. The van der Waals surface area contributed by atoms with Gasteiger partial charge in [-0.05, 0) is 30.5 Å². The lowest BCUT2D eigenvalue weighted by molar-refractivity contribution is -0.125. The summed E-state index contributed by atoms with van der Waals surface area (Å²) in [7, 11) is -3.35. The highest BCUT2D eigenvalue weighted by atomic mass is 35.5. The molecule has 2 rings (SSSR count). The zero-order valence-corrected chi connectivity index (χ0v) is 15.6. The Morgan fingerprint density at radius 3 is 2.42 bits per heavy atom. The molecule has 1 aromatic rings. The Morgan fingerprint density at radius 2 is 1.83 bits per heavy atom. The van der Waals surface area contributed by atoms with E-state index in [0.29, 0.717) is 11.6 Å². The van der Waals surface area contributed by atoms with E-state index >= 15 is 0 Å². The predicted octanol–water partition coefficient (Wildman–Crippen LogP) is 2.80. The van der Waals surface area contributed by atoms with Gasteiger partial charge in [0, 0.05) is 30.6 Å². The third-order valence-corrected chi connectivity index (χ3v) is 5.88. The Labute approximate surface area is 149 Å². The van der Waals surface area contributed by atoms with Gasteiger partial charge in [0.15, 0.2) is 0 Å². The van der Waals surface area contributed by atoms with Crippen molar-refractivity contribution >= 4 is 27.5 Å². The summed E-state index contributed by atoms with van der Waals surface area (Å²) in [4.78, 5) is 12.1. The summed E-state index contributed by atoms with van der Waals surface area (Å²) in [5, 5.41) is 3.50. The molecule has 1 saturated carbocycles. The van der Waals surface area contributed by atoms with E-state index in [4.69, 9.17) is 11.6 Å². The molecule has 1 N–H and O–H groups in total. The van der Waals surface area contributed by atoms with Crippen LogP contribution >= 0.6 is 11.6 Å². The Kier molecular flexibility index (Phi) is 7.07. The van der Waals surface area contributed by atoms with E-state index in [9.17, 15) is 13.2 Å². The first kappa shape index (κ1) is 19.2. The molecule has 1 aliphatic carbocycles. The van der Waals surface area contributed by atoms with Crippen LogP contribution in [0.25, 0.3) is 0 Å². The molecular weight excluding hydrogens is 348 g/mol. The number of carbonyl (C=O) groups excluding carboxylic acids is 1. The monoisotopic (exact) mass is 372 g/mol. The average molecular weight is 373 g/mol. The molecule has 0 saturated heterocycles. The van der Waals surface area contributed by atoms with Crippen LogP contribution < -0.4 is 5.32 Å². The van der Waals surface area contributed by atoms with Gasteiger partial charge in [-0.2, -0.15) is 4.31 Å². The van der Waals surface area contributed by atoms with Gasteiger partial charge in [0.1, 0.15) is 0 Å². The summed E-state index contributed by atoms with van der Waals surface area (Å²) in [6.45, 7) is 0.866. The van der Waals surface area contributed by atoms with Crippen LogP contribution in [-0.2, 0) is 21.4 Å². The first-order valence-electron chi connectivity index (χ1n) is 8.33. The van der Waals surface area contributed by atoms with Crippen molar-refractivity contribution in [3.05, 3.63) is 34.9 Å². The van der Waals surface area contributed by atoms with Crippen molar-refractivity contribution in [2.75, 3.05) is 19.3 Å². The molecule has 0 bridgehead atoms. The molecule has 5 nitrogen and oxygen atoms in total. The molecule has 0 aliphatic heterocycles. The van der Waals surface area contributed by atoms with Gasteiger partial charge in [0.05, 0.1) is 6.26 Å². The second-order valence-corrected chi connectivity index (χ2v) is 8.77. The van der Waals surface area contributed by atoms with Crippen molar-refractivity contribution in [1.82, 2.24) is 9.62 Å². The third-order valence-electron chi connectivity index (χ3n) is 4.38. The van der Waals surface area contributed by atoms with Crippen LogP contribution in [0.15, 0.2) is 24.3 Å². The van der Waals surface area contributed by atoms with E-state index in [1.807, 2.05) is 0 Å². The van der Waals surface area contributed by atoms with E-state index < -0.39 is 10.0 Å². The average Bonchev–Trinajstić information content (AvgIpc) is 2.55. The van der Waals surface area contributed by atoms with Crippen LogP contribution in [0.4, 0.5) is 0 Å². The Morgan fingerprint density at radius 1 is 1.21 bits per heavy atom. The summed E-state index contributed by atoms with van der Waals surface area (Å²) in [5.74, 6) is 0.136. The summed E-state index contributed by atoms with van der Waals surface area (Å²) >= 11 is 5.85. The van der Waals surface area contributed by atoms with Gasteiger partial charge in [-0.15, -0.1) is 0 Å². The molecule has 1 amide bonds. The van der Waals surface area contributed by atoms with E-state index in [0.717, 1.165) is 31.2 Å². The van der Waals surface area contributed by atoms with Crippen LogP contribution in [-0.4, -0.2) is 38.0 Å². The summed E-state index contributed by atoms with van der Waals surface area (Å²) in [6, 6.07) is 7.09. The standard InChI is InChI=1S/C17H25ClN2O3S/c1-24(22,23)20(13-14-7-9-16(18)10-8-14)12-11-19-17(21)15-5-3-2-4-6-15/h7-10,15H,2-6,11-13H2,1H3,(H,19,21). The number of sulfonamides is 1. The highest BCUT2D eigenvalue weighted by molar-refractivity contribution is 7.88. The lowest BCUT2D eigenvalue weighted by Crippen LogP contribution is -2.40. The molecule has 1 aromatic carbocycles. The lowest BCUT2D eigenvalue weighted by atomic mass is 9.89. The lowest BCUT2D eigenvalue weighted by Gasteiger charge is -2.23. The van der Waals surface area contributed by atoms with Gasteiger partial charge >= 0.3 is 0 Å². The second kappa shape index (κ2) is 8.83. The Balaban J connectivity index is 1.87. The van der Waals surface area contributed by atoms with Crippen LogP contribution in [0.3, 0.4) is 0 Å². The fraction of sp³-hybridized carbons (Fsp3) is 0.588. The largest absolute Gasteiger partial charge is 0.355 e. The molecule has 1 fully saturated rings. The zero-order chi connectivity index (χ0) is 17.6. The van der Waals surface area contributed by atoms with Gasteiger partial charge in [-0.3, -0.25) is 4.79 Å². The molecule has 0 radical (unpaired) electrons. The van der Waals surface area contributed by atoms with Gasteiger partial charge < -0.3 is 5.32 Å². The number of rotatable bonds is 7. The maximum absolute atomic E-state index is 12.1. The second-order valence-electron chi connectivity index (χ2n) is 6.35. The Bertz CT molecular complexity index is 640. The predicted molar refractivity (Wildman–Crippen MR) is 96.3 cm³/mol. The highest BCUT2D eigenvalue weighted by Gasteiger charge is 2.22. The summed E-state index contributed by atoms with van der Waals surface area (Å²) in [6.07, 6.45) is 6.46. The van der Waals surface area contributed by atoms with E-state index in [1.165, 1.54) is 17.0 Å². The molecular formula is C17H25ClN2O3S. The van der Waals surface area contributed by atoms with Crippen molar-refractivity contribution in [2.45, 2.75) is 38.6 Å². The number of benzene rings is 1. The van der Waals surface area contributed by atoms with Crippen molar-refractivity contribution in [1.29, 1.82) is 0 Å². The van der Waals surface area contributed by atoms with Crippen molar-refractivity contribution in [3.8, 4) is 0 Å². The minimum absolute atomic E-state index is 0.0506. The van der Waals surface area contributed by atoms with E-state index in [1.54, 1.807) is 24.3 Å². The van der Waals surface area contributed by atoms with E-state index in [2.05, 4.69) is 5.32 Å². The SMILES string of the molecule is CS(=O)(=O)N(CCNC(=O)C1CCCCC1)Cc1ccc(Cl)cc1. The molecule has 0 unspecified atom stereocenters. The number of amides is 1. The molecule has 1 aliphatic rings. The number of hydrogen-bond acceptors (Lipinski definition) is 3. The van der Waals surface area contributed by atoms with Crippen LogP contribution in [0.1, 0.15) is 37.7 Å². The molecule has 0 aromatic heterocycles. The number of carbonyl (C=O) groups is 1. The van der Waals surface area contributed by atoms with Crippen LogP contribution in [0, 0.1) is 5.92 Å². The molecule has 134 valence electrons.